The van der Waals surface area contributed by atoms with Crippen LogP contribution >= 0.6 is 11.3 Å². The van der Waals surface area contributed by atoms with Crippen molar-refractivity contribution in [3.05, 3.63) is 182 Å². The standard InChI is InChI=1S/C51H30N4OS/c1-3-12-31(13-4-1)49-52-50(32-14-5-2-6-15-32)54-51(53-49)34-22-25-44-41(29-34)48-36(18-11-21-45(48)56-44)33-23-26-46-39(28-33)40-30-35(24-27-47(40)57-46)55-42-19-9-7-16-37(42)38-17-8-10-20-43(38)55/h1-30H. The predicted octanol–water partition coefficient (Wildman–Crippen LogP) is 13.9. The topological polar surface area (TPSA) is 56.7 Å². The minimum absolute atomic E-state index is 0.613. The van der Waals surface area contributed by atoms with Gasteiger partial charge in [-0.2, -0.15) is 0 Å². The molecule has 5 nitrogen and oxygen atoms in total. The number of fused-ring (bicyclic) bond motifs is 9. The first-order valence-electron chi connectivity index (χ1n) is 19.0. The predicted molar refractivity (Wildman–Crippen MR) is 236 cm³/mol. The average Bonchev–Trinajstić information content (AvgIpc) is 3.95. The Balaban J connectivity index is 1.02. The molecule has 0 aliphatic rings. The minimum Gasteiger partial charge on any atom is -0.456 e. The lowest BCUT2D eigenvalue weighted by atomic mass is 9.97. The van der Waals surface area contributed by atoms with Gasteiger partial charge in [-0.3, -0.25) is 0 Å². The number of rotatable bonds is 5. The molecule has 8 aromatic carbocycles. The second kappa shape index (κ2) is 12.6. The Labute approximate surface area is 330 Å². The average molecular weight is 747 g/mol. The molecule has 4 aromatic heterocycles. The van der Waals surface area contributed by atoms with Crippen LogP contribution in [0, 0.1) is 0 Å². The largest absolute Gasteiger partial charge is 0.456 e. The molecule has 0 saturated carbocycles. The van der Waals surface area contributed by atoms with E-state index in [1.165, 1.54) is 42.0 Å². The fourth-order valence-electron chi connectivity index (χ4n) is 8.42. The maximum absolute atomic E-state index is 6.51. The molecule has 0 unspecified atom stereocenters. The van der Waals surface area contributed by atoms with Gasteiger partial charge in [-0.1, -0.05) is 115 Å². The highest BCUT2D eigenvalue weighted by Gasteiger charge is 2.18. The molecule has 0 N–H and O–H groups in total. The third-order valence-corrected chi connectivity index (χ3v) is 12.2. The molecule has 0 radical (unpaired) electrons. The fraction of sp³-hybridized carbons (Fsp3) is 0. The first kappa shape index (κ1) is 31.9. The van der Waals surface area contributed by atoms with Crippen LogP contribution in [0.5, 0.6) is 0 Å². The van der Waals surface area contributed by atoms with Crippen LogP contribution in [-0.4, -0.2) is 19.5 Å². The molecule has 0 spiro atoms. The molecule has 0 saturated heterocycles. The summed E-state index contributed by atoms with van der Waals surface area (Å²) >= 11 is 1.84. The van der Waals surface area contributed by atoms with Crippen LogP contribution in [0.1, 0.15) is 0 Å². The maximum Gasteiger partial charge on any atom is 0.164 e. The summed E-state index contributed by atoms with van der Waals surface area (Å²) in [5, 5.41) is 7.11. The van der Waals surface area contributed by atoms with E-state index in [4.69, 9.17) is 19.4 Å². The van der Waals surface area contributed by atoms with Gasteiger partial charge in [-0.05, 0) is 77.9 Å². The lowest BCUT2D eigenvalue weighted by Crippen LogP contribution is -2.00. The Bertz CT molecular complexity index is 3420. The van der Waals surface area contributed by atoms with Crippen molar-refractivity contribution in [1.82, 2.24) is 19.5 Å². The van der Waals surface area contributed by atoms with E-state index in [9.17, 15) is 0 Å². The van der Waals surface area contributed by atoms with Gasteiger partial charge in [0.25, 0.3) is 0 Å². The van der Waals surface area contributed by atoms with Crippen molar-refractivity contribution in [2.45, 2.75) is 0 Å². The monoisotopic (exact) mass is 746 g/mol. The number of aromatic nitrogens is 4. The van der Waals surface area contributed by atoms with Gasteiger partial charge in [0.15, 0.2) is 17.5 Å². The third kappa shape index (κ3) is 5.12. The third-order valence-electron chi connectivity index (χ3n) is 11.1. The van der Waals surface area contributed by atoms with E-state index in [0.717, 1.165) is 55.4 Å². The summed E-state index contributed by atoms with van der Waals surface area (Å²) in [6.07, 6.45) is 0. The van der Waals surface area contributed by atoms with E-state index >= 15 is 0 Å². The van der Waals surface area contributed by atoms with Crippen LogP contribution in [0.2, 0.25) is 0 Å². The smallest absolute Gasteiger partial charge is 0.164 e. The van der Waals surface area contributed by atoms with Crippen molar-refractivity contribution in [2.75, 3.05) is 0 Å². The first-order chi connectivity index (χ1) is 28.2. The second-order valence-electron chi connectivity index (χ2n) is 14.4. The van der Waals surface area contributed by atoms with Gasteiger partial charge in [-0.15, -0.1) is 11.3 Å². The van der Waals surface area contributed by atoms with Crippen molar-refractivity contribution >= 4 is 75.3 Å². The Morgan fingerprint density at radius 2 is 0.947 bits per heavy atom. The van der Waals surface area contributed by atoms with Crippen molar-refractivity contribution in [1.29, 1.82) is 0 Å². The molecule has 0 atom stereocenters. The first-order valence-corrected chi connectivity index (χ1v) is 19.8. The zero-order chi connectivity index (χ0) is 37.5. The van der Waals surface area contributed by atoms with Gasteiger partial charge in [-0.25, -0.2) is 15.0 Å². The number of hydrogen-bond donors (Lipinski definition) is 0. The van der Waals surface area contributed by atoms with Crippen LogP contribution < -0.4 is 0 Å². The molecule has 4 heterocycles. The molecule has 12 aromatic rings. The van der Waals surface area contributed by atoms with E-state index in [0.29, 0.717) is 17.5 Å². The van der Waals surface area contributed by atoms with Gasteiger partial charge >= 0.3 is 0 Å². The zero-order valence-electron chi connectivity index (χ0n) is 30.4. The molecule has 0 aliphatic carbocycles. The Kier molecular flexibility index (Phi) is 7.03. The van der Waals surface area contributed by atoms with Crippen molar-refractivity contribution in [3.63, 3.8) is 0 Å². The van der Waals surface area contributed by atoms with E-state index in [-0.39, 0.29) is 0 Å². The molecule has 0 fully saturated rings. The minimum atomic E-state index is 0.613. The van der Waals surface area contributed by atoms with E-state index < -0.39 is 0 Å². The molecule has 0 aliphatic heterocycles. The molecule has 12 rings (SSSR count). The van der Waals surface area contributed by atoms with Gasteiger partial charge in [0.1, 0.15) is 11.2 Å². The van der Waals surface area contributed by atoms with Crippen molar-refractivity contribution < 1.29 is 4.42 Å². The van der Waals surface area contributed by atoms with E-state index in [1.54, 1.807) is 0 Å². The van der Waals surface area contributed by atoms with Crippen LogP contribution in [0.3, 0.4) is 0 Å². The highest BCUT2D eigenvalue weighted by atomic mass is 32.1. The number of thiophene rings is 1. The molecular weight excluding hydrogens is 717 g/mol. The van der Waals surface area contributed by atoms with Crippen molar-refractivity contribution in [2.24, 2.45) is 0 Å². The molecular formula is C51H30N4OS. The SMILES string of the molecule is c1ccc(-c2nc(-c3ccccc3)nc(-c3ccc4oc5cccc(-c6ccc7sc8ccc(-n9c%10ccccc%10c%10ccccc%109)cc8c7c6)c5c4c3)n2)cc1. The quantitative estimate of drug-likeness (QED) is 0.176. The van der Waals surface area contributed by atoms with Gasteiger partial charge in [0, 0.05) is 64.1 Å². The van der Waals surface area contributed by atoms with Crippen LogP contribution in [0.25, 0.3) is 115 Å². The highest BCUT2D eigenvalue weighted by molar-refractivity contribution is 7.25. The summed E-state index contributed by atoms with van der Waals surface area (Å²) in [4.78, 5) is 14.9. The summed E-state index contributed by atoms with van der Waals surface area (Å²) in [6.45, 7) is 0. The maximum atomic E-state index is 6.51. The zero-order valence-corrected chi connectivity index (χ0v) is 31.2. The lowest BCUT2D eigenvalue weighted by Gasteiger charge is -2.09. The molecule has 0 bridgehead atoms. The Morgan fingerprint density at radius 1 is 0.386 bits per heavy atom. The number of hydrogen-bond acceptors (Lipinski definition) is 5. The van der Waals surface area contributed by atoms with Crippen LogP contribution in [0.15, 0.2) is 186 Å². The normalized spacial score (nSPS) is 11.9. The van der Waals surface area contributed by atoms with Crippen molar-refractivity contribution in [3.8, 4) is 51.0 Å². The molecule has 0 amide bonds. The number of para-hydroxylation sites is 2. The van der Waals surface area contributed by atoms with Gasteiger partial charge in [0.05, 0.1) is 11.0 Å². The summed E-state index contributed by atoms with van der Waals surface area (Å²) in [5.74, 6) is 1.88. The summed E-state index contributed by atoms with van der Waals surface area (Å²) in [7, 11) is 0. The number of furan rings is 1. The second-order valence-corrected chi connectivity index (χ2v) is 15.5. The fourth-order valence-corrected chi connectivity index (χ4v) is 9.48. The summed E-state index contributed by atoms with van der Waals surface area (Å²) in [5.41, 5.74) is 10.3. The van der Waals surface area contributed by atoms with E-state index in [2.05, 4.69) is 114 Å². The Hall–Kier alpha value is -7.41. The van der Waals surface area contributed by atoms with Gasteiger partial charge < -0.3 is 8.98 Å². The number of nitrogens with zero attached hydrogens (tertiary/aromatic N) is 4. The highest BCUT2D eigenvalue weighted by Crippen LogP contribution is 2.43. The molecule has 6 heteroatoms. The summed E-state index contributed by atoms with van der Waals surface area (Å²) < 4.78 is 11.4. The van der Waals surface area contributed by atoms with Crippen LogP contribution in [-0.2, 0) is 0 Å². The number of benzene rings is 8. The molecule has 266 valence electrons. The summed E-state index contributed by atoms with van der Waals surface area (Å²) in [6, 6.07) is 63.9. The Morgan fingerprint density at radius 3 is 1.63 bits per heavy atom. The van der Waals surface area contributed by atoms with Gasteiger partial charge in [0.2, 0.25) is 0 Å². The van der Waals surface area contributed by atoms with Crippen LogP contribution in [0.4, 0.5) is 0 Å². The van der Waals surface area contributed by atoms with E-state index in [1.807, 2.05) is 84.1 Å². The molecule has 57 heavy (non-hydrogen) atoms. The lowest BCUT2D eigenvalue weighted by molar-refractivity contribution is 0.669.